The number of esters is 1. The standard InChI is InChI=1S/C27H33N3O5/c1-5-6-14-30-19(3)23(26(32)35-16-15-34-4)24(29-27(30)33)20-11-9-12-21(17-20)28-25(31)22-13-8-7-10-18(22)2/h7-13,17,24H,5-6,14-16H2,1-4H3,(H,28,31)(H,29,33). The number of methoxy groups -OCH3 is 1. The fourth-order valence-electron chi connectivity index (χ4n) is 4.00. The third-order valence-corrected chi connectivity index (χ3v) is 5.94. The molecule has 1 atom stereocenters. The number of anilines is 1. The third-order valence-electron chi connectivity index (χ3n) is 5.94. The lowest BCUT2D eigenvalue weighted by atomic mass is 9.94. The normalized spacial score (nSPS) is 15.6. The molecular formula is C27H33N3O5. The molecule has 0 bridgehead atoms. The average Bonchev–Trinajstić information content (AvgIpc) is 2.84. The number of amides is 3. The summed E-state index contributed by atoms with van der Waals surface area (Å²) in [7, 11) is 1.53. The minimum Gasteiger partial charge on any atom is -0.460 e. The van der Waals surface area contributed by atoms with Crippen molar-refractivity contribution in [3.63, 3.8) is 0 Å². The molecule has 0 radical (unpaired) electrons. The molecule has 0 saturated carbocycles. The molecular weight excluding hydrogens is 446 g/mol. The molecule has 8 heteroatoms. The first-order valence-corrected chi connectivity index (χ1v) is 11.8. The van der Waals surface area contributed by atoms with E-state index >= 15 is 0 Å². The van der Waals surface area contributed by atoms with Crippen LogP contribution in [0.4, 0.5) is 10.5 Å². The molecule has 2 N–H and O–H groups in total. The number of carbonyl (C=O) groups is 3. The van der Waals surface area contributed by atoms with Crippen molar-refractivity contribution in [1.82, 2.24) is 10.2 Å². The monoisotopic (exact) mass is 479 g/mol. The van der Waals surface area contributed by atoms with Crippen LogP contribution in [-0.4, -0.2) is 49.7 Å². The lowest BCUT2D eigenvalue weighted by Crippen LogP contribution is -2.48. The largest absolute Gasteiger partial charge is 0.460 e. The average molecular weight is 480 g/mol. The molecule has 1 heterocycles. The topological polar surface area (TPSA) is 97.0 Å². The molecule has 35 heavy (non-hydrogen) atoms. The predicted octanol–water partition coefficient (Wildman–Crippen LogP) is 4.58. The van der Waals surface area contributed by atoms with Gasteiger partial charge in [-0.25, -0.2) is 9.59 Å². The van der Waals surface area contributed by atoms with Crippen LogP contribution in [0.1, 0.15) is 54.2 Å². The van der Waals surface area contributed by atoms with Crippen LogP contribution in [0.25, 0.3) is 0 Å². The van der Waals surface area contributed by atoms with E-state index in [1.807, 2.05) is 38.1 Å². The molecule has 186 valence electrons. The molecule has 3 rings (SSSR count). The van der Waals surface area contributed by atoms with Gasteiger partial charge in [0.05, 0.1) is 18.2 Å². The van der Waals surface area contributed by atoms with Crippen molar-refractivity contribution in [1.29, 1.82) is 0 Å². The van der Waals surface area contributed by atoms with E-state index in [0.29, 0.717) is 34.6 Å². The van der Waals surface area contributed by atoms with Gasteiger partial charge in [0.15, 0.2) is 0 Å². The van der Waals surface area contributed by atoms with Gasteiger partial charge in [0.2, 0.25) is 0 Å². The summed E-state index contributed by atoms with van der Waals surface area (Å²) in [6, 6.07) is 13.5. The number of allylic oxidation sites excluding steroid dienone is 1. The highest BCUT2D eigenvalue weighted by atomic mass is 16.6. The number of hydrogen-bond donors (Lipinski definition) is 2. The summed E-state index contributed by atoms with van der Waals surface area (Å²) < 4.78 is 10.4. The van der Waals surface area contributed by atoms with Crippen molar-refractivity contribution in [2.75, 3.05) is 32.2 Å². The number of urea groups is 1. The van der Waals surface area contributed by atoms with E-state index in [2.05, 4.69) is 10.6 Å². The van der Waals surface area contributed by atoms with Gasteiger partial charge in [-0.15, -0.1) is 0 Å². The summed E-state index contributed by atoms with van der Waals surface area (Å²) in [5.41, 5.74) is 3.58. The second-order valence-corrected chi connectivity index (χ2v) is 8.41. The number of rotatable bonds is 10. The van der Waals surface area contributed by atoms with Crippen LogP contribution in [0.15, 0.2) is 59.8 Å². The van der Waals surface area contributed by atoms with Gasteiger partial charge in [-0.3, -0.25) is 9.69 Å². The molecule has 2 aromatic rings. The highest BCUT2D eigenvalue weighted by molar-refractivity contribution is 6.05. The molecule has 0 fully saturated rings. The van der Waals surface area contributed by atoms with Crippen LogP contribution in [0.2, 0.25) is 0 Å². The Morgan fingerprint density at radius 2 is 1.86 bits per heavy atom. The smallest absolute Gasteiger partial charge is 0.338 e. The van der Waals surface area contributed by atoms with E-state index in [4.69, 9.17) is 9.47 Å². The Bertz CT molecular complexity index is 1110. The third kappa shape index (κ3) is 6.27. The Hall–Kier alpha value is -3.65. The van der Waals surface area contributed by atoms with Crippen LogP contribution in [0, 0.1) is 6.92 Å². The number of carbonyl (C=O) groups excluding carboxylic acids is 3. The molecule has 0 saturated heterocycles. The highest BCUT2D eigenvalue weighted by Gasteiger charge is 2.36. The Morgan fingerprint density at radius 1 is 1.09 bits per heavy atom. The van der Waals surface area contributed by atoms with E-state index in [1.165, 1.54) is 7.11 Å². The predicted molar refractivity (Wildman–Crippen MR) is 134 cm³/mol. The van der Waals surface area contributed by atoms with E-state index in [-0.39, 0.29) is 25.2 Å². The number of aryl methyl sites for hydroxylation is 1. The summed E-state index contributed by atoms with van der Waals surface area (Å²) in [4.78, 5) is 40.4. The Kier molecular flexibility index (Phi) is 9.03. The van der Waals surface area contributed by atoms with Crippen LogP contribution < -0.4 is 10.6 Å². The molecule has 8 nitrogen and oxygen atoms in total. The van der Waals surface area contributed by atoms with Crippen LogP contribution in [0.5, 0.6) is 0 Å². The minimum absolute atomic E-state index is 0.105. The van der Waals surface area contributed by atoms with Gasteiger partial charge in [-0.2, -0.15) is 0 Å². The van der Waals surface area contributed by atoms with Gasteiger partial charge in [-0.05, 0) is 49.6 Å². The summed E-state index contributed by atoms with van der Waals surface area (Å²) in [6.45, 7) is 6.56. The minimum atomic E-state index is -0.717. The lowest BCUT2D eigenvalue weighted by Gasteiger charge is -2.35. The molecule has 0 spiro atoms. The fourth-order valence-corrected chi connectivity index (χ4v) is 4.00. The quantitative estimate of drug-likeness (QED) is 0.384. The Labute approximate surface area is 206 Å². The van der Waals surface area contributed by atoms with Gasteiger partial charge >= 0.3 is 12.0 Å². The van der Waals surface area contributed by atoms with Gasteiger partial charge < -0.3 is 20.1 Å². The van der Waals surface area contributed by atoms with Gasteiger partial charge in [0.25, 0.3) is 5.91 Å². The molecule has 2 aromatic carbocycles. The SMILES string of the molecule is CCCCN1C(=O)NC(c2cccc(NC(=O)c3ccccc3C)c2)C(C(=O)OCCOC)=C1C. The van der Waals surface area contributed by atoms with Crippen LogP contribution in [0.3, 0.4) is 0 Å². The molecule has 1 unspecified atom stereocenters. The fraction of sp³-hybridized carbons (Fsp3) is 0.370. The summed E-state index contributed by atoms with van der Waals surface area (Å²) in [6.07, 6.45) is 1.72. The first-order chi connectivity index (χ1) is 16.9. The second-order valence-electron chi connectivity index (χ2n) is 8.41. The summed E-state index contributed by atoms with van der Waals surface area (Å²) in [5, 5.41) is 5.86. The van der Waals surface area contributed by atoms with Crippen molar-refractivity contribution in [2.24, 2.45) is 0 Å². The van der Waals surface area contributed by atoms with Crippen LogP contribution in [-0.2, 0) is 14.3 Å². The van der Waals surface area contributed by atoms with Crippen molar-refractivity contribution >= 4 is 23.6 Å². The maximum Gasteiger partial charge on any atom is 0.338 e. The number of benzene rings is 2. The Balaban J connectivity index is 1.92. The number of hydrogen-bond acceptors (Lipinski definition) is 5. The zero-order valence-electron chi connectivity index (χ0n) is 20.7. The summed E-state index contributed by atoms with van der Waals surface area (Å²) >= 11 is 0. The maximum absolute atomic E-state index is 13.1. The molecule has 1 aliphatic rings. The number of ether oxygens (including phenoxy) is 2. The number of unbranched alkanes of at least 4 members (excludes halogenated alkanes) is 1. The molecule has 3 amide bonds. The first kappa shape index (κ1) is 26.0. The first-order valence-electron chi connectivity index (χ1n) is 11.8. The maximum atomic E-state index is 13.1. The van der Waals surface area contributed by atoms with Crippen LogP contribution >= 0.6 is 0 Å². The Morgan fingerprint density at radius 3 is 2.57 bits per heavy atom. The van der Waals surface area contributed by atoms with E-state index < -0.39 is 12.0 Å². The van der Waals surface area contributed by atoms with Crippen molar-refractivity contribution in [3.05, 3.63) is 76.5 Å². The zero-order valence-corrected chi connectivity index (χ0v) is 20.7. The summed E-state index contributed by atoms with van der Waals surface area (Å²) in [5.74, 6) is -0.745. The second kappa shape index (κ2) is 12.2. The van der Waals surface area contributed by atoms with Gasteiger partial charge in [-0.1, -0.05) is 43.7 Å². The number of nitrogens with zero attached hydrogens (tertiary/aromatic N) is 1. The zero-order chi connectivity index (χ0) is 25.4. The van der Waals surface area contributed by atoms with Gasteiger partial charge in [0, 0.05) is 30.6 Å². The van der Waals surface area contributed by atoms with Crippen molar-refractivity contribution in [3.8, 4) is 0 Å². The van der Waals surface area contributed by atoms with E-state index in [1.54, 1.807) is 36.1 Å². The lowest BCUT2D eigenvalue weighted by molar-refractivity contribution is -0.140. The van der Waals surface area contributed by atoms with Crippen molar-refractivity contribution < 1.29 is 23.9 Å². The highest BCUT2D eigenvalue weighted by Crippen LogP contribution is 2.32. The molecule has 0 aliphatic carbocycles. The van der Waals surface area contributed by atoms with Gasteiger partial charge in [0.1, 0.15) is 6.61 Å². The van der Waals surface area contributed by atoms with E-state index in [9.17, 15) is 14.4 Å². The molecule has 0 aromatic heterocycles. The van der Waals surface area contributed by atoms with Crippen molar-refractivity contribution in [2.45, 2.75) is 39.7 Å². The number of nitrogens with one attached hydrogen (secondary N) is 2. The molecule has 1 aliphatic heterocycles. The van der Waals surface area contributed by atoms with E-state index in [0.717, 1.165) is 18.4 Å².